The van der Waals surface area contributed by atoms with Crippen LogP contribution in [0.4, 0.5) is 16.2 Å². The topological polar surface area (TPSA) is 65.5 Å². The zero-order chi connectivity index (χ0) is 20.2. The number of amides is 2. The number of aryl methyl sites for hydroxylation is 1. The first-order valence-electron chi connectivity index (χ1n) is 9.40. The molecule has 1 atom stereocenters. The van der Waals surface area contributed by atoms with Crippen molar-refractivity contribution in [2.24, 2.45) is 5.10 Å². The zero-order valence-electron chi connectivity index (χ0n) is 15.9. The third-order valence-corrected chi connectivity index (χ3v) is 5.09. The van der Waals surface area contributed by atoms with E-state index in [9.17, 15) is 4.79 Å². The minimum atomic E-state index is -0.400. The Morgan fingerprint density at radius 3 is 2.52 bits per heavy atom. The average Bonchev–Trinajstić information content (AvgIpc) is 2.74. The first-order chi connectivity index (χ1) is 14.1. The second-order valence-corrected chi connectivity index (χ2v) is 7.43. The highest BCUT2D eigenvalue weighted by atomic mass is 35.5. The van der Waals surface area contributed by atoms with E-state index in [0.717, 1.165) is 17.0 Å². The van der Waals surface area contributed by atoms with Crippen molar-refractivity contribution < 1.29 is 4.79 Å². The van der Waals surface area contributed by atoms with E-state index in [1.807, 2.05) is 24.3 Å². The molecule has 3 aromatic carbocycles. The van der Waals surface area contributed by atoms with Crippen LogP contribution in [0, 0.1) is 6.92 Å². The number of para-hydroxylation sites is 1. The summed E-state index contributed by atoms with van der Waals surface area (Å²) in [6.45, 7) is 2.07. The van der Waals surface area contributed by atoms with Crippen LogP contribution >= 0.6 is 11.6 Å². The molecule has 1 heterocycles. The Bertz CT molecular complexity index is 1050. The van der Waals surface area contributed by atoms with E-state index in [0.29, 0.717) is 17.1 Å². The number of urea groups is 1. The van der Waals surface area contributed by atoms with Crippen molar-refractivity contribution in [1.82, 2.24) is 5.43 Å². The molecule has 6 heteroatoms. The standard InChI is InChI=1S/C23H21ClN4O/c1-15-6-8-16(9-7-15)21-14-22(19-4-2-3-5-20(19)26-21)27-28-23(29)25-18-12-10-17(24)11-13-18/h2-13,21,26H,14H2,1H3,(H2,25,28,29). The quantitative estimate of drug-likeness (QED) is 0.488. The monoisotopic (exact) mass is 404 g/mol. The molecule has 0 fully saturated rings. The highest BCUT2D eigenvalue weighted by Gasteiger charge is 2.24. The lowest BCUT2D eigenvalue weighted by molar-refractivity contribution is 0.252. The summed E-state index contributed by atoms with van der Waals surface area (Å²) in [5, 5.41) is 11.4. The van der Waals surface area contributed by atoms with Gasteiger partial charge in [-0.2, -0.15) is 5.10 Å². The van der Waals surface area contributed by atoms with Crippen LogP contribution in [0.25, 0.3) is 0 Å². The highest BCUT2D eigenvalue weighted by molar-refractivity contribution is 6.30. The Hall–Kier alpha value is -3.31. The normalized spacial score (nSPS) is 16.6. The molecule has 0 aromatic heterocycles. The van der Waals surface area contributed by atoms with E-state index >= 15 is 0 Å². The first-order valence-corrected chi connectivity index (χ1v) is 9.78. The summed E-state index contributed by atoms with van der Waals surface area (Å²) < 4.78 is 0. The molecular weight excluding hydrogens is 384 g/mol. The maximum absolute atomic E-state index is 12.3. The molecule has 2 amide bonds. The van der Waals surface area contributed by atoms with Gasteiger partial charge in [-0.05, 0) is 42.8 Å². The summed E-state index contributed by atoms with van der Waals surface area (Å²) >= 11 is 5.88. The molecule has 1 aliphatic heterocycles. The van der Waals surface area contributed by atoms with Crippen molar-refractivity contribution in [3.8, 4) is 0 Å². The Morgan fingerprint density at radius 2 is 1.76 bits per heavy atom. The molecule has 4 rings (SSSR count). The number of halogens is 1. The van der Waals surface area contributed by atoms with Crippen LogP contribution in [0.5, 0.6) is 0 Å². The lowest BCUT2D eigenvalue weighted by Gasteiger charge is -2.28. The predicted molar refractivity (Wildman–Crippen MR) is 119 cm³/mol. The van der Waals surface area contributed by atoms with Gasteiger partial charge in [0.25, 0.3) is 0 Å². The van der Waals surface area contributed by atoms with Crippen LogP contribution < -0.4 is 16.1 Å². The van der Waals surface area contributed by atoms with Crippen molar-refractivity contribution in [3.63, 3.8) is 0 Å². The van der Waals surface area contributed by atoms with E-state index in [4.69, 9.17) is 11.6 Å². The number of nitrogens with one attached hydrogen (secondary N) is 3. The SMILES string of the molecule is Cc1ccc(C2CC(=NNC(=O)Nc3ccc(Cl)cc3)c3ccccc3N2)cc1. The fourth-order valence-electron chi connectivity index (χ4n) is 3.32. The molecule has 0 spiro atoms. The van der Waals surface area contributed by atoms with Crippen molar-refractivity contribution in [3.05, 3.63) is 94.5 Å². The highest BCUT2D eigenvalue weighted by Crippen LogP contribution is 2.32. The number of rotatable bonds is 3. The number of carbonyl (C=O) groups is 1. The van der Waals surface area contributed by atoms with Gasteiger partial charge in [0.2, 0.25) is 0 Å². The van der Waals surface area contributed by atoms with Gasteiger partial charge in [-0.25, -0.2) is 10.2 Å². The summed E-state index contributed by atoms with van der Waals surface area (Å²) in [6.07, 6.45) is 0.668. The van der Waals surface area contributed by atoms with Gasteiger partial charge in [-0.15, -0.1) is 0 Å². The number of hydrazone groups is 1. The van der Waals surface area contributed by atoms with E-state index < -0.39 is 6.03 Å². The summed E-state index contributed by atoms with van der Waals surface area (Å²) in [7, 11) is 0. The van der Waals surface area contributed by atoms with Gasteiger partial charge in [-0.3, -0.25) is 0 Å². The zero-order valence-corrected chi connectivity index (χ0v) is 16.7. The molecular formula is C23H21ClN4O. The van der Waals surface area contributed by atoms with Crippen LogP contribution in [0.2, 0.25) is 5.02 Å². The summed E-state index contributed by atoms with van der Waals surface area (Å²) in [5.74, 6) is 0. The molecule has 0 saturated carbocycles. The Labute approximate surface area is 174 Å². The van der Waals surface area contributed by atoms with E-state index in [-0.39, 0.29) is 6.04 Å². The molecule has 0 aliphatic carbocycles. The van der Waals surface area contributed by atoms with Crippen molar-refractivity contribution in [2.75, 3.05) is 10.6 Å². The minimum absolute atomic E-state index is 0.0883. The molecule has 3 aromatic rings. The molecule has 0 saturated heterocycles. The lowest BCUT2D eigenvalue weighted by atomic mass is 9.91. The molecule has 0 radical (unpaired) electrons. The van der Waals surface area contributed by atoms with E-state index in [1.165, 1.54) is 11.1 Å². The number of hydrogen-bond donors (Lipinski definition) is 3. The number of hydrogen-bond acceptors (Lipinski definition) is 3. The summed E-state index contributed by atoms with van der Waals surface area (Å²) in [5.41, 5.74) is 8.49. The smallest absolute Gasteiger partial charge is 0.339 e. The van der Waals surface area contributed by atoms with Crippen molar-refractivity contribution in [1.29, 1.82) is 0 Å². The number of carbonyl (C=O) groups excluding carboxylic acids is 1. The molecule has 3 N–H and O–H groups in total. The fourth-order valence-corrected chi connectivity index (χ4v) is 3.44. The molecule has 1 aliphatic rings. The third kappa shape index (κ3) is 4.58. The maximum atomic E-state index is 12.3. The lowest BCUT2D eigenvalue weighted by Crippen LogP contribution is -2.29. The van der Waals surface area contributed by atoms with Crippen LogP contribution in [0.3, 0.4) is 0 Å². The maximum Gasteiger partial charge on any atom is 0.339 e. The molecule has 1 unspecified atom stereocenters. The van der Waals surface area contributed by atoms with Crippen LogP contribution in [0.15, 0.2) is 77.9 Å². The van der Waals surface area contributed by atoms with Crippen LogP contribution in [-0.4, -0.2) is 11.7 Å². The number of fused-ring (bicyclic) bond motifs is 1. The molecule has 29 heavy (non-hydrogen) atoms. The summed E-state index contributed by atoms with van der Waals surface area (Å²) in [6, 6.07) is 23.0. The Kier molecular flexibility index (Phi) is 5.49. The Morgan fingerprint density at radius 1 is 1.03 bits per heavy atom. The minimum Gasteiger partial charge on any atom is -0.377 e. The van der Waals surface area contributed by atoms with Crippen LogP contribution in [0.1, 0.15) is 29.2 Å². The van der Waals surface area contributed by atoms with Crippen molar-refractivity contribution in [2.45, 2.75) is 19.4 Å². The number of anilines is 2. The van der Waals surface area contributed by atoms with Crippen LogP contribution in [-0.2, 0) is 0 Å². The second-order valence-electron chi connectivity index (χ2n) is 6.99. The van der Waals surface area contributed by atoms with Gasteiger partial charge in [-0.1, -0.05) is 59.6 Å². The second kappa shape index (κ2) is 8.37. The van der Waals surface area contributed by atoms with E-state index in [1.54, 1.807) is 24.3 Å². The molecule has 5 nitrogen and oxygen atoms in total. The predicted octanol–water partition coefficient (Wildman–Crippen LogP) is 5.73. The van der Waals surface area contributed by atoms with Gasteiger partial charge < -0.3 is 10.6 Å². The van der Waals surface area contributed by atoms with Gasteiger partial charge >= 0.3 is 6.03 Å². The largest absolute Gasteiger partial charge is 0.377 e. The molecule has 0 bridgehead atoms. The van der Waals surface area contributed by atoms with Gasteiger partial charge in [0, 0.05) is 28.4 Å². The third-order valence-electron chi connectivity index (χ3n) is 4.84. The van der Waals surface area contributed by atoms with Gasteiger partial charge in [0.05, 0.1) is 11.8 Å². The average molecular weight is 405 g/mol. The van der Waals surface area contributed by atoms with Crippen molar-refractivity contribution >= 4 is 34.7 Å². The van der Waals surface area contributed by atoms with Gasteiger partial charge in [0.1, 0.15) is 0 Å². The Balaban J connectivity index is 1.53. The molecule has 146 valence electrons. The van der Waals surface area contributed by atoms with Gasteiger partial charge in [0.15, 0.2) is 0 Å². The fraction of sp³-hybridized carbons (Fsp3) is 0.130. The first kappa shape index (κ1) is 19.0. The number of benzene rings is 3. The van der Waals surface area contributed by atoms with E-state index in [2.05, 4.69) is 52.3 Å². The summed E-state index contributed by atoms with van der Waals surface area (Å²) in [4.78, 5) is 12.3. The number of nitrogens with zero attached hydrogens (tertiary/aromatic N) is 1.